The first kappa shape index (κ1) is 16.8. The number of ether oxygens (including phenoxy) is 1. The number of fused-ring (bicyclic) bond motifs is 1. The van der Waals surface area contributed by atoms with Gasteiger partial charge in [-0.1, -0.05) is 6.07 Å². The van der Waals surface area contributed by atoms with Gasteiger partial charge in [0, 0.05) is 56.5 Å². The van der Waals surface area contributed by atoms with Crippen LogP contribution in [0.15, 0.2) is 36.5 Å². The van der Waals surface area contributed by atoms with Crippen LogP contribution in [0.2, 0.25) is 0 Å². The van der Waals surface area contributed by atoms with Crippen LogP contribution in [0.4, 0.5) is 5.82 Å². The lowest BCUT2D eigenvalue weighted by Crippen LogP contribution is -2.35. The molecule has 0 unspecified atom stereocenters. The molecule has 2 aromatic rings. The minimum Gasteiger partial charge on any atom is -0.493 e. The minimum atomic E-state index is 0.113. The molecular weight excluding hydrogens is 328 g/mol. The lowest BCUT2D eigenvalue weighted by atomic mass is 10.1. The quantitative estimate of drug-likeness (QED) is 0.914. The van der Waals surface area contributed by atoms with Gasteiger partial charge in [-0.2, -0.15) is 0 Å². The molecule has 2 aliphatic rings. The van der Waals surface area contributed by atoms with Gasteiger partial charge in [0.1, 0.15) is 11.6 Å². The third-order valence-electron chi connectivity index (χ3n) is 5.13. The summed E-state index contributed by atoms with van der Waals surface area (Å²) in [6.07, 6.45) is 3.56. The Kier molecular flexibility index (Phi) is 4.75. The van der Waals surface area contributed by atoms with Crippen LogP contribution in [0.3, 0.4) is 0 Å². The van der Waals surface area contributed by atoms with Gasteiger partial charge >= 0.3 is 0 Å². The van der Waals surface area contributed by atoms with E-state index in [-0.39, 0.29) is 5.91 Å². The molecule has 0 bridgehead atoms. The molecule has 3 heterocycles. The standard InChI is InChI=1S/C20H24N4O2/c21-19-17(3-1-7-22-19)14-23-8-2-9-24(11-10-23)20(25)16-4-5-18-15(13-16)6-12-26-18/h1,3-5,7,13H,2,6,8-12,14H2,(H2,21,22). The van der Waals surface area contributed by atoms with Crippen molar-refractivity contribution in [2.75, 3.05) is 38.5 Å². The molecule has 4 rings (SSSR count). The van der Waals surface area contributed by atoms with Gasteiger partial charge in [0.25, 0.3) is 5.91 Å². The summed E-state index contributed by atoms with van der Waals surface area (Å²) in [6.45, 7) is 4.79. The van der Waals surface area contributed by atoms with Gasteiger partial charge in [0.05, 0.1) is 6.61 Å². The maximum absolute atomic E-state index is 12.9. The number of nitrogens with two attached hydrogens (primary N) is 1. The molecule has 0 radical (unpaired) electrons. The summed E-state index contributed by atoms with van der Waals surface area (Å²) in [5.74, 6) is 1.62. The maximum Gasteiger partial charge on any atom is 0.253 e. The number of amides is 1. The normalized spacial score (nSPS) is 17.5. The zero-order valence-electron chi connectivity index (χ0n) is 14.9. The molecule has 1 aromatic heterocycles. The third kappa shape index (κ3) is 3.51. The number of carbonyl (C=O) groups excluding carboxylic acids is 1. The molecule has 2 aliphatic heterocycles. The van der Waals surface area contributed by atoms with Crippen LogP contribution in [0.5, 0.6) is 5.75 Å². The zero-order chi connectivity index (χ0) is 17.9. The van der Waals surface area contributed by atoms with Crippen LogP contribution in [0, 0.1) is 0 Å². The summed E-state index contributed by atoms with van der Waals surface area (Å²) >= 11 is 0. The predicted octanol–water partition coefficient (Wildman–Crippen LogP) is 1.95. The van der Waals surface area contributed by atoms with E-state index < -0.39 is 0 Å². The van der Waals surface area contributed by atoms with E-state index in [1.807, 2.05) is 35.2 Å². The van der Waals surface area contributed by atoms with E-state index in [9.17, 15) is 4.79 Å². The van der Waals surface area contributed by atoms with E-state index in [2.05, 4.69) is 9.88 Å². The number of rotatable bonds is 3. The Morgan fingerprint density at radius 3 is 3.00 bits per heavy atom. The molecule has 0 aliphatic carbocycles. The molecule has 1 fully saturated rings. The zero-order valence-corrected chi connectivity index (χ0v) is 14.9. The molecule has 1 saturated heterocycles. The highest BCUT2D eigenvalue weighted by Gasteiger charge is 2.22. The topological polar surface area (TPSA) is 71.7 Å². The fourth-order valence-corrected chi connectivity index (χ4v) is 3.66. The van der Waals surface area contributed by atoms with Crippen molar-refractivity contribution in [3.05, 3.63) is 53.2 Å². The number of aromatic nitrogens is 1. The van der Waals surface area contributed by atoms with Gasteiger partial charge in [-0.3, -0.25) is 9.69 Å². The second-order valence-corrected chi connectivity index (χ2v) is 6.89. The van der Waals surface area contributed by atoms with Crippen molar-refractivity contribution in [1.82, 2.24) is 14.8 Å². The lowest BCUT2D eigenvalue weighted by Gasteiger charge is -2.22. The van der Waals surface area contributed by atoms with Gasteiger partial charge in [-0.05, 0) is 36.2 Å². The molecule has 0 saturated carbocycles. The monoisotopic (exact) mass is 352 g/mol. The predicted molar refractivity (Wildman–Crippen MR) is 100 cm³/mol. The first-order chi connectivity index (χ1) is 12.7. The van der Waals surface area contributed by atoms with E-state index in [4.69, 9.17) is 10.5 Å². The molecule has 6 nitrogen and oxygen atoms in total. The van der Waals surface area contributed by atoms with Crippen LogP contribution in [-0.4, -0.2) is 53.5 Å². The van der Waals surface area contributed by atoms with Crippen molar-refractivity contribution in [3.8, 4) is 5.75 Å². The van der Waals surface area contributed by atoms with E-state index >= 15 is 0 Å². The van der Waals surface area contributed by atoms with E-state index in [1.165, 1.54) is 0 Å². The first-order valence-electron chi connectivity index (χ1n) is 9.17. The fraction of sp³-hybridized carbons (Fsp3) is 0.400. The fourth-order valence-electron chi connectivity index (χ4n) is 3.66. The Bertz CT molecular complexity index is 808. The van der Waals surface area contributed by atoms with Crippen LogP contribution in [0.25, 0.3) is 0 Å². The number of hydrogen-bond acceptors (Lipinski definition) is 5. The molecule has 0 spiro atoms. The van der Waals surface area contributed by atoms with Crippen LogP contribution < -0.4 is 10.5 Å². The highest BCUT2D eigenvalue weighted by molar-refractivity contribution is 5.94. The highest BCUT2D eigenvalue weighted by Crippen LogP contribution is 2.26. The summed E-state index contributed by atoms with van der Waals surface area (Å²) in [6, 6.07) is 9.72. The molecular formula is C20H24N4O2. The van der Waals surface area contributed by atoms with Crippen molar-refractivity contribution in [3.63, 3.8) is 0 Å². The summed E-state index contributed by atoms with van der Waals surface area (Å²) in [7, 11) is 0. The van der Waals surface area contributed by atoms with E-state index in [1.54, 1.807) is 6.20 Å². The van der Waals surface area contributed by atoms with E-state index in [0.717, 1.165) is 68.0 Å². The number of nitrogen functional groups attached to an aromatic ring is 1. The largest absolute Gasteiger partial charge is 0.493 e. The van der Waals surface area contributed by atoms with Gasteiger partial charge < -0.3 is 15.4 Å². The van der Waals surface area contributed by atoms with Crippen molar-refractivity contribution < 1.29 is 9.53 Å². The van der Waals surface area contributed by atoms with Gasteiger partial charge in [0.2, 0.25) is 0 Å². The number of anilines is 1. The molecule has 136 valence electrons. The number of nitrogens with zero attached hydrogens (tertiary/aromatic N) is 3. The van der Waals surface area contributed by atoms with Crippen LogP contribution in [0.1, 0.15) is 27.9 Å². The minimum absolute atomic E-state index is 0.113. The Morgan fingerprint density at radius 2 is 2.12 bits per heavy atom. The molecule has 26 heavy (non-hydrogen) atoms. The van der Waals surface area contributed by atoms with E-state index in [0.29, 0.717) is 12.4 Å². The highest BCUT2D eigenvalue weighted by atomic mass is 16.5. The van der Waals surface area contributed by atoms with Crippen molar-refractivity contribution in [2.45, 2.75) is 19.4 Å². The Morgan fingerprint density at radius 1 is 1.19 bits per heavy atom. The number of pyridine rings is 1. The van der Waals surface area contributed by atoms with Crippen molar-refractivity contribution in [1.29, 1.82) is 0 Å². The van der Waals surface area contributed by atoms with Crippen molar-refractivity contribution in [2.24, 2.45) is 0 Å². The SMILES string of the molecule is Nc1ncccc1CN1CCCN(C(=O)c2ccc3c(c2)CCO3)CC1. The van der Waals surface area contributed by atoms with Gasteiger partial charge in [0.15, 0.2) is 0 Å². The van der Waals surface area contributed by atoms with Gasteiger partial charge in [-0.15, -0.1) is 0 Å². The average molecular weight is 352 g/mol. The number of hydrogen-bond donors (Lipinski definition) is 1. The maximum atomic E-state index is 12.9. The lowest BCUT2D eigenvalue weighted by molar-refractivity contribution is 0.0761. The molecule has 1 amide bonds. The number of benzene rings is 1. The van der Waals surface area contributed by atoms with Gasteiger partial charge in [-0.25, -0.2) is 4.98 Å². The second-order valence-electron chi connectivity index (χ2n) is 6.89. The first-order valence-corrected chi connectivity index (χ1v) is 9.17. The van der Waals surface area contributed by atoms with Crippen LogP contribution >= 0.6 is 0 Å². The molecule has 2 N–H and O–H groups in total. The Hall–Kier alpha value is -2.60. The third-order valence-corrected chi connectivity index (χ3v) is 5.13. The Balaban J connectivity index is 1.40. The smallest absolute Gasteiger partial charge is 0.253 e. The van der Waals surface area contributed by atoms with Crippen LogP contribution in [-0.2, 0) is 13.0 Å². The molecule has 0 atom stereocenters. The van der Waals surface area contributed by atoms with Crippen molar-refractivity contribution >= 4 is 11.7 Å². The summed E-state index contributed by atoms with van der Waals surface area (Å²) in [4.78, 5) is 21.4. The summed E-state index contributed by atoms with van der Waals surface area (Å²) in [5, 5.41) is 0. The molecule has 6 heteroatoms. The average Bonchev–Trinajstić information content (AvgIpc) is 3.01. The Labute approximate surface area is 153 Å². The number of carbonyl (C=O) groups is 1. The summed E-state index contributed by atoms with van der Waals surface area (Å²) in [5.41, 5.74) is 8.91. The molecule has 1 aromatic carbocycles. The summed E-state index contributed by atoms with van der Waals surface area (Å²) < 4.78 is 5.53. The second kappa shape index (κ2) is 7.33.